The van der Waals surface area contributed by atoms with Crippen molar-refractivity contribution in [1.29, 1.82) is 0 Å². The summed E-state index contributed by atoms with van der Waals surface area (Å²) in [6.07, 6.45) is 2.14. The maximum atomic E-state index is 11.2. The normalized spacial score (nSPS) is 14.0. The number of carboxylic acids is 1. The molecular formula is C14H14N2O5. The molecule has 1 N–H and O–H groups in total. The van der Waals surface area contributed by atoms with E-state index in [9.17, 15) is 9.90 Å². The Hall–Kier alpha value is -2.57. The zero-order valence-electron chi connectivity index (χ0n) is 11.4. The summed E-state index contributed by atoms with van der Waals surface area (Å²) in [5.41, 5.74) is 0.0280. The minimum Gasteiger partial charge on any atom is -0.493 e. The van der Waals surface area contributed by atoms with E-state index in [0.29, 0.717) is 23.4 Å². The van der Waals surface area contributed by atoms with Gasteiger partial charge in [0.15, 0.2) is 18.1 Å². The summed E-state index contributed by atoms with van der Waals surface area (Å²) in [6, 6.07) is 4.67. The highest BCUT2D eigenvalue weighted by atomic mass is 16.5. The number of aromatic carboxylic acids is 1. The molecule has 7 nitrogen and oxygen atoms in total. The quantitative estimate of drug-likeness (QED) is 0.871. The lowest BCUT2D eigenvalue weighted by molar-refractivity contribution is 0.0690. The molecule has 0 unspecified atom stereocenters. The molecule has 2 aromatic rings. The van der Waals surface area contributed by atoms with Gasteiger partial charge in [-0.25, -0.2) is 4.79 Å². The first-order chi connectivity index (χ1) is 10.2. The van der Waals surface area contributed by atoms with Crippen LogP contribution in [0.4, 0.5) is 0 Å². The summed E-state index contributed by atoms with van der Waals surface area (Å²) in [6.45, 7) is 0.0247. The summed E-state index contributed by atoms with van der Waals surface area (Å²) in [7, 11) is 1.45. The maximum Gasteiger partial charge on any atom is 0.339 e. The Morgan fingerprint density at radius 1 is 1.48 bits per heavy atom. The van der Waals surface area contributed by atoms with Crippen LogP contribution < -0.4 is 9.47 Å². The van der Waals surface area contributed by atoms with Gasteiger partial charge in [0.05, 0.1) is 7.11 Å². The predicted octanol–water partition coefficient (Wildman–Crippen LogP) is 2.23. The van der Waals surface area contributed by atoms with Crippen LogP contribution in [0.5, 0.6) is 11.5 Å². The van der Waals surface area contributed by atoms with Gasteiger partial charge in [-0.05, 0) is 25.0 Å². The predicted molar refractivity (Wildman–Crippen MR) is 70.6 cm³/mol. The molecule has 1 fully saturated rings. The summed E-state index contributed by atoms with van der Waals surface area (Å²) in [4.78, 5) is 15.4. The van der Waals surface area contributed by atoms with Gasteiger partial charge in [0.1, 0.15) is 5.56 Å². The minimum absolute atomic E-state index is 0.0247. The molecule has 1 aromatic heterocycles. The first kappa shape index (κ1) is 13.4. The molecule has 21 heavy (non-hydrogen) atoms. The molecule has 0 atom stereocenters. The van der Waals surface area contributed by atoms with E-state index >= 15 is 0 Å². The molecule has 1 aliphatic rings. The van der Waals surface area contributed by atoms with E-state index in [0.717, 1.165) is 12.8 Å². The fourth-order valence-electron chi connectivity index (χ4n) is 1.95. The monoisotopic (exact) mass is 290 g/mol. The van der Waals surface area contributed by atoms with Crippen molar-refractivity contribution in [2.75, 3.05) is 7.11 Å². The van der Waals surface area contributed by atoms with E-state index in [4.69, 9.17) is 14.0 Å². The second kappa shape index (κ2) is 5.43. The second-order valence-corrected chi connectivity index (χ2v) is 4.75. The van der Waals surface area contributed by atoms with Crippen molar-refractivity contribution in [1.82, 2.24) is 10.1 Å². The number of methoxy groups -OCH3 is 1. The van der Waals surface area contributed by atoms with Crippen molar-refractivity contribution >= 4 is 5.97 Å². The van der Waals surface area contributed by atoms with Crippen LogP contribution in [-0.4, -0.2) is 28.3 Å². The van der Waals surface area contributed by atoms with Gasteiger partial charge in [-0.3, -0.25) is 0 Å². The highest BCUT2D eigenvalue weighted by Gasteiger charge is 2.29. The van der Waals surface area contributed by atoms with Crippen LogP contribution in [-0.2, 0) is 6.61 Å². The smallest absolute Gasteiger partial charge is 0.339 e. The van der Waals surface area contributed by atoms with Gasteiger partial charge >= 0.3 is 5.97 Å². The third-order valence-corrected chi connectivity index (χ3v) is 3.19. The summed E-state index contributed by atoms with van der Waals surface area (Å²) in [5.74, 6) is 0.792. The number of para-hydroxylation sites is 1. The number of carboxylic acid groups (broad SMARTS) is 1. The standard InChI is InChI=1S/C14H14N2O5/c1-19-10-4-2-3-9(14(17)18)12(10)20-7-11-15-13(21-16-11)8-5-6-8/h2-4,8H,5-7H2,1H3,(H,17,18). The molecule has 110 valence electrons. The summed E-state index contributed by atoms with van der Waals surface area (Å²) in [5, 5.41) is 13.0. The van der Waals surface area contributed by atoms with Crippen LogP contribution >= 0.6 is 0 Å². The van der Waals surface area contributed by atoms with Crippen LogP contribution in [0.1, 0.15) is 40.8 Å². The molecular weight excluding hydrogens is 276 g/mol. The van der Waals surface area contributed by atoms with Crippen LogP contribution in [0.15, 0.2) is 22.7 Å². The second-order valence-electron chi connectivity index (χ2n) is 4.75. The lowest BCUT2D eigenvalue weighted by Crippen LogP contribution is -2.06. The van der Waals surface area contributed by atoms with Gasteiger partial charge in [-0.2, -0.15) is 4.98 Å². The maximum absolute atomic E-state index is 11.2. The Labute approximate surface area is 120 Å². The van der Waals surface area contributed by atoms with E-state index in [1.165, 1.54) is 13.2 Å². The highest BCUT2D eigenvalue weighted by molar-refractivity contribution is 5.92. The van der Waals surface area contributed by atoms with Crippen molar-refractivity contribution < 1.29 is 23.9 Å². The van der Waals surface area contributed by atoms with E-state index in [-0.39, 0.29) is 17.9 Å². The van der Waals surface area contributed by atoms with Gasteiger partial charge in [-0.1, -0.05) is 11.2 Å². The zero-order valence-corrected chi connectivity index (χ0v) is 11.4. The van der Waals surface area contributed by atoms with Crippen molar-refractivity contribution in [3.8, 4) is 11.5 Å². The molecule has 1 heterocycles. The fourth-order valence-corrected chi connectivity index (χ4v) is 1.95. The Morgan fingerprint density at radius 2 is 2.29 bits per heavy atom. The van der Waals surface area contributed by atoms with E-state index in [2.05, 4.69) is 10.1 Å². The number of ether oxygens (including phenoxy) is 2. The van der Waals surface area contributed by atoms with E-state index < -0.39 is 5.97 Å². The summed E-state index contributed by atoms with van der Waals surface area (Å²) < 4.78 is 15.8. The highest BCUT2D eigenvalue weighted by Crippen LogP contribution is 2.39. The Balaban J connectivity index is 1.78. The molecule has 0 radical (unpaired) electrons. The Kier molecular flexibility index (Phi) is 3.47. The van der Waals surface area contributed by atoms with Crippen LogP contribution in [0.3, 0.4) is 0 Å². The number of carbonyl (C=O) groups is 1. The number of hydrogen-bond donors (Lipinski definition) is 1. The third-order valence-electron chi connectivity index (χ3n) is 3.19. The van der Waals surface area contributed by atoms with E-state index in [1.54, 1.807) is 12.1 Å². The fraction of sp³-hybridized carbons (Fsp3) is 0.357. The number of nitrogens with zero attached hydrogens (tertiary/aromatic N) is 2. The molecule has 1 saturated carbocycles. The molecule has 0 bridgehead atoms. The molecule has 3 rings (SSSR count). The molecule has 1 aromatic carbocycles. The van der Waals surface area contributed by atoms with Crippen LogP contribution in [0.25, 0.3) is 0 Å². The Morgan fingerprint density at radius 3 is 2.95 bits per heavy atom. The van der Waals surface area contributed by atoms with Gasteiger partial charge < -0.3 is 19.1 Å². The van der Waals surface area contributed by atoms with Gasteiger partial charge in [-0.15, -0.1) is 0 Å². The van der Waals surface area contributed by atoms with Crippen LogP contribution in [0, 0.1) is 0 Å². The first-order valence-electron chi connectivity index (χ1n) is 6.54. The molecule has 0 spiro atoms. The zero-order chi connectivity index (χ0) is 14.8. The average Bonchev–Trinajstić information content (AvgIpc) is 3.23. The molecule has 0 aliphatic heterocycles. The van der Waals surface area contributed by atoms with Crippen molar-refractivity contribution in [2.24, 2.45) is 0 Å². The number of benzene rings is 1. The Bertz CT molecular complexity index is 663. The van der Waals surface area contributed by atoms with E-state index in [1.807, 2.05) is 0 Å². The average molecular weight is 290 g/mol. The largest absolute Gasteiger partial charge is 0.493 e. The van der Waals surface area contributed by atoms with Crippen LogP contribution in [0.2, 0.25) is 0 Å². The van der Waals surface area contributed by atoms with Crippen molar-refractivity contribution in [3.63, 3.8) is 0 Å². The lowest BCUT2D eigenvalue weighted by atomic mass is 10.2. The topological polar surface area (TPSA) is 94.7 Å². The van der Waals surface area contributed by atoms with Gasteiger partial charge in [0, 0.05) is 5.92 Å². The summed E-state index contributed by atoms with van der Waals surface area (Å²) >= 11 is 0. The number of aromatic nitrogens is 2. The first-order valence-corrected chi connectivity index (χ1v) is 6.54. The lowest BCUT2D eigenvalue weighted by Gasteiger charge is -2.11. The van der Waals surface area contributed by atoms with Crippen molar-refractivity contribution in [3.05, 3.63) is 35.5 Å². The van der Waals surface area contributed by atoms with Gasteiger partial charge in [0.2, 0.25) is 11.7 Å². The molecule has 7 heteroatoms. The van der Waals surface area contributed by atoms with Gasteiger partial charge in [0.25, 0.3) is 0 Å². The number of hydrogen-bond acceptors (Lipinski definition) is 6. The number of rotatable bonds is 6. The SMILES string of the molecule is COc1cccc(C(=O)O)c1OCc1noc(C2CC2)n1. The molecule has 1 aliphatic carbocycles. The molecule has 0 saturated heterocycles. The third kappa shape index (κ3) is 2.81. The molecule has 0 amide bonds. The minimum atomic E-state index is -1.09. The van der Waals surface area contributed by atoms with Crippen molar-refractivity contribution in [2.45, 2.75) is 25.4 Å².